The van der Waals surface area contributed by atoms with Crippen molar-refractivity contribution in [1.29, 1.82) is 0 Å². The summed E-state index contributed by atoms with van der Waals surface area (Å²) < 4.78 is 5.19. The normalized spacial score (nSPS) is 14.2. The predicted molar refractivity (Wildman–Crippen MR) is 50.8 cm³/mol. The van der Waals surface area contributed by atoms with Crippen molar-refractivity contribution in [3.8, 4) is 0 Å². The van der Waals surface area contributed by atoms with Gasteiger partial charge in [-0.05, 0) is 33.7 Å². The summed E-state index contributed by atoms with van der Waals surface area (Å²) in [7, 11) is 1.65. The summed E-state index contributed by atoms with van der Waals surface area (Å²) in [5, 5.41) is 11.5. The minimum Gasteiger partial charge on any atom is -0.480 e. The molecule has 0 rings (SSSR count). The van der Waals surface area contributed by atoms with Gasteiger partial charge in [0, 0.05) is 7.11 Å². The summed E-state index contributed by atoms with van der Waals surface area (Å²) in [5.74, 6) is -0.824. The second-order valence-electron chi connectivity index (χ2n) is 3.73. The molecule has 78 valence electrons. The Morgan fingerprint density at radius 3 is 2.54 bits per heavy atom. The van der Waals surface area contributed by atoms with Crippen molar-refractivity contribution >= 4 is 5.97 Å². The van der Waals surface area contributed by atoms with Gasteiger partial charge in [-0.1, -0.05) is 0 Å². The molecule has 0 aromatic rings. The fourth-order valence-corrected chi connectivity index (χ4v) is 0.779. The lowest BCUT2D eigenvalue weighted by molar-refractivity contribution is -0.139. The van der Waals surface area contributed by atoms with Crippen molar-refractivity contribution in [2.45, 2.75) is 38.8 Å². The Balaban J connectivity index is 3.62. The van der Waals surface area contributed by atoms with E-state index in [1.54, 1.807) is 14.0 Å². The van der Waals surface area contributed by atoms with Gasteiger partial charge in [0.05, 0.1) is 5.60 Å². The highest BCUT2D eigenvalue weighted by Crippen LogP contribution is 2.11. The van der Waals surface area contributed by atoms with Gasteiger partial charge in [-0.15, -0.1) is 0 Å². The minimum absolute atomic E-state index is 0.189. The fraction of sp³-hybridized carbons (Fsp3) is 0.889. The zero-order valence-electron chi connectivity index (χ0n) is 8.76. The maximum absolute atomic E-state index is 10.4. The number of ether oxygens (including phenoxy) is 1. The molecule has 0 saturated heterocycles. The molecule has 0 heterocycles. The first-order valence-electron chi connectivity index (χ1n) is 4.40. The third-order valence-electron chi connectivity index (χ3n) is 2.10. The van der Waals surface area contributed by atoms with E-state index in [0.717, 1.165) is 6.42 Å². The highest BCUT2D eigenvalue weighted by molar-refractivity contribution is 5.72. The van der Waals surface area contributed by atoms with Crippen LogP contribution >= 0.6 is 0 Å². The first-order chi connectivity index (χ1) is 5.89. The zero-order valence-corrected chi connectivity index (χ0v) is 8.76. The Morgan fingerprint density at radius 2 is 2.15 bits per heavy atom. The second-order valence-corrected chi connectivity index (χ2v) is 3.73. The summed E-state index contributed by atoms with van der Waals surface area (Å²) in [5.41, 5.74) is -0.189. The van der Waals surface area contributed by atoms with E-state index in [1.807, 2.05) is 13.8 Å². The number of carboxylic acid groups (broad SMARTS) is 1. The molecule has 4 heteroatoms. The molecule has 0 saturated carbocycles. The number of hydrogen-bond acceptors (Lipinski definition) is 3. The van der Waals surface area contributed by atoms with E-state index in [4.69, 9.17) is 9.84 Å². The summed E-state index contributed by atoms with van der Waals surface area (Å²) in [6, 6.07) is -0.493. The lowest BCUT2D eigenvalue weighted by Gasteiger charge is -2.23. The summed E-state index contributed by atoms with van der Waals surface area (Å²) in [6.45, 7) is 6.22. The van der Waals surface area contributed by atoms with E-state index in [-0.39, 0.29) is 5.60 Å². The van der Waals surface area contributed by atoms with Crippen molar-refractivity contribution in [1.82, 2.24) is 5.32 Å². The van der Waals surface area contributed by atoms with E-state index in [9.17, 15) is 4.79 Å². The molecule has 1 atom stereocenters. The maximum Gasteiger partial charge on any atom is 0.320 e. The number of nitrogens with one attached hydrogen (secondary N) is 1. The van der Waals surface area contributed by atoms with Crippen LogP contribution in [0.15, 0.2) is 0 Å². The average molecular weight is 189 g/mol. The summed E-state index contributed by atoms with van der Waals surface area (Å²) >= 11 is 0. The van der Waals surface area contributed by atoms with Crippen LogP contribution in [0.4, 0.5) is 0 Å². The number of hydrogen-bond donors (Lipinski definition) is 2. The number of methoxy groups -OCH3 is 1. The van der Waals surface area contributed by atoms with Crippen LogP contribution in [0.2, 0.25) is 0 Å². The van der Waals surface area contributed by atoms with Crippen LogP contribution in [-0.4, -0.2) is 36.4 Å². The van der Waals surface area contributed by atoms with Crippen LogP contribution in [-0.2, 0) is 9.53 Å². The lowest BCUT2D eigenvalue weighted by atomic mass is 10.1. The van der Waals surface area contributed by atoms with Gasteiger partial charge in [0.1, 0.15) is 6.04 Å². The van der Waals surface area contributed by atoms with Gasteiger partial charge in [0.25, 0.3) is 0 Å². The Hall–Kier alpha value is -0.610. The van der Waals surface area contributed by atoms with Crippen LogP contribution in [0, 0.1) is 0 Å². The molecule has 0 bridgehead atoms. The SMILES string of the molecule is COC(C)(C)CCNC(C)C(=O)O. The van der Waals surface area contributed by atoms with Crippen molar-refractivity contribution < 1.29 is 14.6 Å². The Bertz CT molecular complexity index is 168. The van der Waals surface area contributed by atoms with Crippen molar-refractivity contribution in [2.24, 2.45) is 0 Å². The van der Waals surface area contributed by atoms with E-state index in [2.05, 4.69) is 5.32 Å². The van der Waals surface area contributed by atoms with Crippen molar-refractivity contribution in [2.75, 3.05) is 13.7 Å². The monoisotopic (exact) mass is 189 g/mol. The van der Waals surface area contributed by atoms with Gasteiger partial charge in [-0.25, -0.2) is 0 Å². The first-order valence-corrected chi connectivity index (χ1v) is 4.40. The molecule has 0 fully saturated rings. The van der Waals surface area contributed by atoms with E-state index in [1.165, 1.54) is 0 Å². The average Bonchev–Trinajstić information content (AvgIpc) is 2.04. The number of aliphatic carboxylic acids is 1. The Kier molecular flexibility index (Phi) is 4.95. The van der Waals surface area contributed by atoms with Crippen molar-refractivity contribution in [3.63, 3.8) is 0 Å². The van der Waals surface area contributed by atoms with Crippen LogP contribution in [0.3, 0.4) is 0 Å². The molecule has 1 unspecified atom stereocenters. The van der Waals surface area contributed by atoms with Gasteiger partial charge < -0.3 is 15.2 Å². The standard InChI is InChI=1S/C9H19NO3/c1-7(8(11)12)10-6-5-9(2,3)13-4/h7,10H,5-6H2,1-4H3,(H,11,12). The molecule has 0 radical (unpaired) electrons. The Labute approximate surface area is 79.3 Å². The molecule has 13 heavy (non-hydrogen) atoms. The number of carboxylic acids is 1. The summed E-state index contributed by atoms with van der Waals surface area (Å²) in [6.07, 6.45) is 0.793. The molecule has 0 aliphatic carbocycles. The smallest absolute Gasteiger partial charge is 0.320 e. The maximum atomic E-state index is 10.4. The van der Waals surface area contributed by atoms with Crippen molar-refractivity contribution in [3.05, 3.63) is 0 Å². The largest absolute Gasteiger partial charge is 0.480 e. The molecule has 4 nitrogen and oxygen atoms in total. The molecule has 0 aliphatic heterocycles. The zero-order chi connectivity index (χ0) is 10.5. The molecule has 0 aromatic heterocycles. The van der Waals surface area contributed by atoms with Crippen LogP contribution in [0.25, 0.3) is 0 Å². The summed E-state index contributed by atoms with van der Waals surface area (Å²) in [4.78, 5) is 10.4. The van der Waals surface area contributed by atoms with Gasteiger partial charge in [0.15, 0.2) is 0 Å². The highest BCUT2D eigenvalue weighted by atomic mass is 16.5. The minimum atomic E-state index is -0.824. The second kappa shape index (κ2) is 5.19. The number of carbonyl (C=O) groups is 1. The van der Waals surface area contributed by atoms with E-state index >= 15 is 0 Å². The third kappa shape index (κ3) is 5.60. The van der Waals surface area contributed by atoms with Gasteiger partial charge >= 0.3 is 5.97 Å². The molecular formula is C9H19NO3. The lowest BCUT2D eigenvalue weighted by Crippen LogP contribution is -2.37. The van der Waals surface area contributed by atoms with Crippen LogP contribution < -0.4 is 5.32 Å². The van der Waals surface area contributed by atoms with E-state index in [0.29, 0.717) is 6.54 Å². The molecule has 0 spiro atoms. The van der Waals surface area contributed by atoms with E-state index < -0.39 is 12.0 Å². The van der Waals surface area contributed by atoms with Gasteiger partial charge in [-0.3, -0.25) is 4.79 Å². The topological polar surface area (TPSA) is 58.6 Å². The highest BCUT2D eigenvalue weighted by Gasteiger charge is 2.17. The third-order valence-corrected chi connectivity index (χ3v) is 2.10. The van der Waals surface area contributed by atoms with Gasteiger partial charge in [0.2, 0.25) is 0 Å². The predicted octanol–water partition coefficient (Wildman–Crippen LogP) is 0.864. The van der Waals surface area contributed by atoms with Crippen LogP contribution in [0.1, 0.15) is 27.2 Å². The molecule has 0 aliphatic rings. The van der Waals surface area contributed by atoms with Gasteiger partial charge in [-0.2, -0.15) is 0 Å². The first kappa shape index (κ1) is 12.4. The molecule has 0 aromatic carbocycles. The van der Waals surface area contributed by atoms with Crippen LogP contribution in [0.5, 0.6) is 0 Å². The quantitative estimate of drug-likeness (QED) is 0.650. The Morgan fingerprint density at radius 1 is 1.62 bits per heavy atom. The molecular weight excluding hydrogens is 170 g/mol. The number of rotatable bonds is 6. The molecule has 2 N–H and O–H groups in total. The molecule has 0 amide bonds. The fourth-order valence-electron chi connectivity index (χ4n) is 0.779.